The molecule has 0 N–H and O–H groups in total. The summed E-state index contributed by atoms with van der Waals surface area (Å²) in [5, 5.41) is 0.0618. The molecule has 0 spiro atoms. The van der Waals surface area contributed by atoms with E-state index in [-0.39, 0.29) is 28.2 Å². The molecule has 0 amide bonds. The lowest BCUT2D eigenvalue weighted by molar-refractivity contribution is -0.245. The first-order valence-electron chi connectivity index (χ1n) is 7.59. The van der Waals surface area contributed by atoms with Gasteiger partial charge < -0.3 is 14.2 Å². The highest BCUT2D eigenvalue weighted by Crippen LogP contribution is 2.58. The van der Waals surface area contributed by atoms with Crippen LogP contribution in [0.15, 0.2) is 24.3 Å². The topological polar surface area (TPSA) is 27.7 Å². The molecule has 1 saturated carbocycles. The number of halogens is 1. The summed E-state index contributed by atoms with van der Waals surface area (Å²) in [5.41, 5.74) is -0.0513. The highest BCUT2D eigenvalue weighted by atomic mass is 32.1. The van der Waals surface area contributed by atoms with E-state index in [0.29, 0.717) is 18.3 Å². The number of hydrogen-bond acceptors (Lipinski definition) is 4. The fraction of sp³-hybridized carbons (Fsp3) is 0.588. The fourth-order valence-electron chi connectivity index (χ4n) is 3.76. The lowest BCUT2D eigenvalue weighted by Crippen LogP contribution is -2.63. The molecule has 1 aliphatic carbocycles. The first-order valence-corrected chi connectivity index (χ1v) is 8.00. The van der Waals surface area contributed by atoms with E-state index in [2.05, 4.69) is 20.8 Å². The maximum absolute atomic E-state index is 12.9. The SMILES string of the molecule is CC1(C)OC[C@@H](OC(=S)Oc2ccc(F)cc2)[C@@]2(C)CC[C@@H]12. The molecule has 1 aromatic carbocycles. The van der Waals surface area contributed by atoms with Crippen LogP contribution in [-0.4, -0.2) is 23.5 Å². The molecule has 0 unspecified atom stereocenters. The van der Waals surface area contributed by atoms with Crippen LogP contribution in [0.3, 0.4) is 0 Å². The third-order valence-corrected chi connectivity index (χ3v) is 5.38. The zero-order valence-corrected chi connectivity index (χ0v) is 13.9. The smallest absolute Gasteiger partial charge is 0.358 e. The largest absolute Gasteiger partial charge is 0.450 e. The van der Waals surface area contributed by atoms with Gasteiger partial charge in [0.1, 0.15) is 17.7 Å². The van der Waals surface area contributed by atoms with Crippen molar-refractivity contribution < 1.29 is 18.6 Å². The lowest BCUT2D eigenvalue weighted by Gasteiger charge is -2.60. The van der Waals surface area contributed by atoms with Crippen LogP contribution >= 0.6 is 12.2 Å². The Kier molecular flexibility index (Phi) is 3.89. The minimum Gasteiger partial charge on any atom is -0.450 e. The van der Waals surface area contributed by atoms with Gasteiger partial charge in [0.15, 0.2) is 0 Å². The van der Waals surface area contributed by atoms with Crippen molar-refractivity contribution in [3.63, 3.8) is 0 Å². The molecule has 0 bridgehead atoms. The van der Waals surface area contributed by atoms with Crippen LogP contribution in [0, 0.1) is 17.2 Å². The van der Waals surface area contributed by atoms with E-state index in [4.69, 9.17) is 26.4 Å². The Labute approximate surface area is 135 Å². The summed E-state index contributed by atoms with van der Waals surface area (Å²) in [6.45, 7) is 7.01. The van der Waals surface area contributed by atoms with Crippen molar-refractivity contribution in [2.24, 2.45) is 11.3 Å². The van der Waals surface area contributed by atoms with Gasteiger partial charge in [-0.2, -0.15) is 0 Å². The number of ether oxygens (including phenoxy) is 3. The summed E-state index contributed by atoms with van der Waals surface area (Å²) in [6.07, 6.45) is 2.15. The molecule has 1 heterocycles. The molecule has 1 aliphatic heterocycles. The molecule has 0 radical (unpaired) electrons. The summed E-state index contributed by atoms with van der Waals surface area (Å²) < 4.78 is 30.1. The summed E-state index contributed by atoms with van der Waals surface area (Å²) >= 11 is 5.18. The molecule has 5 heteroatoms. The molecule has 3 nitrogen and oxygen atoms in total. The lowest BCUT2D eigenvalue weighted by atomic mass is 9.52. The molecule has 0 aromatic heterocycles. The standard InChI is InChI=1S/C17H21FO3S/c1-16(2)13-8-9-17(13,3)14(10-19-16)21-15(22)20-12-6-4-11(18)5-7-12/h4-7,13-14H,8-10H2,1-3H3/t13-,14+,17-/m0/s1. The van der Waals surface area contributed by atoms with Crippen LogP contribution < -0.4 is 4.74 Å². The molecular formula is C17H21FO3S. The number of rotatable bonds is 2. The van der Waals surface area contributed by atoms with Crippen molar-refractivity contribution in [3.05, 3.63) is 30.1 Å². The van der Waals surface area contributed by atoms with E-state index in [1.165, 1.54) is 24.3 Å². The highest BCUT2D eigenvalue weighted by molar-refractivity contribution is 7.79. The van der Waals surface area contributed by atoms with E-state index in [1.807, 2.05) is 0 Å². The average Bonchev–Trinajstić information content (AvgIpc) is 2.42. The van der Waals surface area contributed by atoms with Gasteiger partial charge in [-0.05, 0) is 56.9 Å². The second kappa shape index (κ2) is 5.46. The molecule has 3 atom stereocenters. The quantitative estimate of drug-likeness (QED) is 0.766. The maximum Gasteiger partial charge on any atom is 0.358 e. The summed E-state index contributed by atoms with van der Waals surface area (Å²) in [4.78, 5) is 0. The van der Waals surface area contributed by atoms with Crippen LogP contribution in [0.1, 0.15) is 33.6 Å². The number of hydrogen-bond donors (Lipinski definition) is 0. The molecule has 1 aromatic rings. The Bertz CT molecular complexity index is 572. The molecule has 120 valence electrons. The van der Waals surface area contributed by atoms with Gasteiger partial charge in [-0.1, -0.05) is 6.92 Å². The zero-order chi connectivity index (χ0) is 16.0. The molecule has 2 fully saturated rings. The van der Waals surface area contributed by atoms with Crippen LogP contribution in [0.25, 0.3) is 0 Å². The monoisotopic (exact) mass is 324 g/mol. The predicted octanol–water partition coefficient (Wildman–Crippen LogP) is 4.10. The predicted molar refractivity (Wildman–Crippen MR) is 85.4 cm³/mol. The van der Waals surface area contributed by atoms with Crippen molar-refractivity contribution in [2.75, 3.05) is 6.61 Å². The van der Waals surface area contributed by atoms with Crippen LogP contribution in [0.2, 0.25) is 0 Å². The van der Waals surface area contributed by atoms with E-state index in [9.17, 15) is 4.39 Å². The van der Waals surface area contributed by atoms with Gasteiger partial charge in [0.25, 0.3) is 0 Å². The minimum absolute atomic E-state index is 0.0618. The average molecular weight is 324 g/mol. The van der Waals surface area contributed by atoms with Crippen molar-refractivity contribution in [1.29, 1.82) is 0 Å². The van der Waals surface area contributed by atoms with Crippen molar-refractivity contribution in [2.45, 2.75) is 45.3 Å². The number of thiocarbonyl (C=S) groups is 1. The maximum atomic E-state index is 12.9. The third-order valence-electron chi connectivity index (χ3n) is 5.20. The van der Waals surface area contributed by atoms with Crippen molar-refractivity contribution >= 4 is 17.5 Å². The van der Waals surface area contributed by atoms with E-state index < -0.39 is 0 Å². The van der Waals surface area contributed by atoms with Crippen molar-refractivity contribution in [3.8, 4) is 5.75 Å². The molecule has 3 rings (SSSR count). The van der Waals surface area contributed by atoms with E-state index in [0.717, 1.165) is 12.8 Å². The van der Waals surface area contributed by atoms with E-state index in [1.54, 1.807) is 0 Å². The van der Waals surface area contributed by atoms with Gasteiger partial charge in [-0.25, -0.2) is 4.39 Å². The molecule has 1 saturated heterocycles. The van der Waals surface area contributed by atoms with Gasteiger partial charge in [0.2, 0.25) is 0 Å². The van der Waals surface area contributed by atoms with Crippen LogP contribution in [0.4, 0.5) is 4.39 Å². The van der Waals surface area contributed by atoms with Crippen molar-refractivity contribution in [1.82, 2.24) is 0 Å². The van der Waals surface area contributed by atoms with E-state index >= 15 is 0 Å². The Morgan fingerprint density at radius 2 is 1.95 bits per heavy atom. The zero-order valence-electron chi connectivity index (χ0n) is 13.1. The van der Waals surface area contributed by atoms with Crippen LogP contribution in [0.5, 0.6) is 5.75 Å². The Morgan fingerprint density at radius 3 is 2.55 bits per heavy atom. The third kappa shape index (κ3) is 2.72. The highest BCUT2D eigenvalue weighted by Gasteiger charge is 2.59. The summed E-state index contributed by atoms with van der Waals surface area (Å²) in [5.74, 6) is 0.623. The second-order valence-corrected chi connectivity index (χ2v) is 7.26. The van der Waals surface area contributed by atoms with Gasteiger partial charge in [0.05, 0.1) is 12.2 Å². The summed E-state index contributed by atoms with van der Waals surface area (Å²) in [7, 11) is 0. The molecule has 22 heavy (non-hydrogen) atoms. The second-order valence-electron chi connectivity index (χ2n) is 6.92. The normalized spacial score (nSPS) is 32.5. The first-order chi connectivity index (χ1) is 10.3. The molecule has 2 aliphatic rings. The fourth-order valence-corrected chi connectivity index (χ4v) is 3.97. The Balaban J connectivity index is 1.63. The van der Waals surface area contributed by atoms with Gasteiger partial charge in [0, 0.05) is 17.6 Å². The molecular weight excluding hydrogens is 303 g/mol. The Morgan fingerprint density at radius 1 is 1.27 bits per heavy atom. The summed E-state index contributed by atoms with van der Waals surface area (Å²) in [6, 6.07) is 5.71. The number of benzene rings is 1. The first kappa shape index (κ1) is 15.7. The van der Waals surface area contributed by atoms with Crippen LogP contribution in [-0.2, 0) is 9.47 Å². The Hall–Kier alpha value is -1.20. The van der Waals surface area contributed by atoms with Gasteiger partial charge in [-0.15, -0.1) is 0 Å². The van der Waals surface area contributed by atoms with Gasteiger partial charge in [-0.3, -0.25) is 0 Å². The minimum atomic E-state index is -0.313. The number of fused-ring (bicyclic) bond motifs is 1. The van der Waals surface area contributed by atoms with Gasteiger partial charge >= 0.3 is 5.24 Å².